The smallest absolute Gasteiger partial charge is 0.151 e. The summed E-state index contributed by atoms with van der Waals surface area (Å²) in [7, 11) is 0. The molecule has 0 radical (unpaired) electrons. The molecule has 27 heavy (non-hydrogen) atoms. The molecule has 1 aliphatic carbocycles. The Hall–Kier alpha value is -1.98. The predicted molar refractivity (Wildman–Crippen MR) is 106 cm³/mol. The van der Waals surface area contributed by atoms with Crippen molar-refractivity contribution in [2.45, 2.75) is 37.8 Å². The lowest BCUT2D eigenvalue weighted by Gasteiger charge is -2.40. The number of benzene rings is 1. The summed E-state index contributed by atoms with van der Waals surface area (Å²) in [6.45, 7) is 4.36. The SMILES string of the molecule is O[C@@H]1C[C@H]2CN(c3ccc(-c4ccccc4)nn3)C[C@H]2C[C@H]1N1CCCC1. The number of aliphatic hydroxyl groups excluding tert-OH is 1. The number of aromatic nitrogens is 2. The number of rotatable bonds is 3. The van der Waals surface area contributed by atoms with Gasteiger partial charge < -0.3 is 10.0 Å². The standard InChI is InChI=1S/C22H28N4O/c27-21-13-18-15-26(14-17(18)12-20(21)25-10-4-5-11-25)22-9-8-19(23-24-22)16-6-2-1-3-7-16/h1-3,6-9,17-18,20-21,27H,4-5,10-15H2/t17-,18+,20-,21-/m1/s1. The van der Waals surface area contributed by atoms with Crippen LogP contribution in [0, 0.1) is 11.8 Å². The Morgan fingerprint density at radius 2 is 1.59 bits per heavy atom. The van der Waals surface area contributed by atoms with Crippen molar-refractivity contribution in [2.24, 2.45) is 11.8 Å². The van der Waals surface area contributed by atoms with Crippen molar-refractivity contribution in [1.29, 1.82) is 0 Å². The fourth-order valence-corrected chi connectivity index (χ4v) is 5.32. The van der Waals surface area contributed by atoms with Crippen LogP contribution in [0.4, 0.5) is 5.82 Å². The van der Waals surface area contributed by atoms with Gasteiger partial charge >= 0.3 is 0 Å². The number of nitrogens with zero attached hydrogens (tertiary/aromatic N) is 4. The third-order valence-corrected chi connectivity index (χ3v) is 6.76. The van der Waals surface area contributed by atoms with E-state index in [-0.39, 0.29) is 6.10 Å². The quantitative estimate of drug-likeness (QED) is 0.908. The van der Waals surface area contributed by atoms with E-state index < -0.39 is 0 Å². The van der Waals surface area contributed by atoms with Crippen LogP contribution in [0.25, 0.3) is 11.3 Å². The first kappa shape index (κ1) is 17.1. The number of fused-ring (bicyclic) bond motifs is 1. The van der Waals surface area contributed by atoms with Crippen LogP contribution in [0.5, 0.6) is 0 Å². The molecule has 1 N–H and O–H groups in total. The summed E-state index contributed by atoms with van der Waals surface area (Å²) in [6.07, 6.45) is 4.45. The van der Waals surface area contributed by atoms with E-state index in [0.717, 1.165) is 56.1 Å². The zero-order chi connectivity index (χ0) is 18.2. The molecule has 4 atom stereocenters. The van der Waals surface area contributed by atoms with E-state index >= 15 is 0 Å². The maximum absolute atomic E-state index is 10.7. The van der Waals surface area contributed by atoms with E-state index in [1.165, 1.54) is 12.8 Å². The molecule has 0 bridgehead atoms. The van der Waals surface area contributed by atoms with E-state index in [4.69, 9.17) is 0 Å². The van der Waals surface area contributed by atoms with E-state index in [1.54, 1.807) is 0 Å². The van der Waals surface area contributed by atoms with Crippen LogP contribution in [0.2, 0.25) is 0 Å². The number of hydrogen-bond donors (Lipinski definition) is 1. The van der Waals surface area contributed by atoms with Gasteiger partial charge in [0.05, 0.1) is 11.8 Å². The van der Waals surface area contributed by atoms with E-state index in [1.807, 2.05) is 18.2 Å². The number of hydrogen-bond acceptors (Lipinski definition) is 5. The molecule has 1 aromatic carbocycles. The second kappa shape index (κ2) is 7.21. The third-order valence-electron chi connectivity index (χ3n) is 6.76. The lowest BCUT2D eigenvalue weighted by molar-refractivity contribution is -0.000854. The molecular weight excluding hydrogens is 336 g/mol. The minimum atomic E-state index is -0.171. The van der Waals surface area contributed by atoms with Gasteiger partial charge in [-0.1, -0.05) is 30.3 Å². The van der Waals surface area contributed by atoms with Crippen molar-refractivity contribution in [2.75, 3.05) is 31.1 Å². The lowest BCUT2D eigenvalue weighted by Crippen LogP contribution is -2.48. The third kappa shape index (κ3) is 3.34. The normalized spacial score (nSPS) is 31.2. The molecule has 2 saturated heterocycles. The molecular formula is C22H28N4O. The topological polar surface area (TPSA) is 52.5 Å². The van der Waals surface area contributed by atoms with Crippen molar-refractivity contribution < 1.29 is 5.11 Å². The highest BCUT2D eigenvalue weighted by Crippen LogP contribution is 2.40. The molecule has 2 aromatic rings. The molecule has 142 valence electrons. The Labute approximate surface area is 161 Å². The Morgan fingerprint density at radius 3 is 2.30 bits per heavy atom. The van der Waals surface area contributed by atoms with Gasteiger partial charge in [-0.3, -0.25) is 4.90 Å². The van der Waals surface area contributed by atoms with E-state index in [2.05, 4.69) is 44.3 Å². The van der Waals surface area contributed by atoms with Crippen LogP contribution in [-0.2, 0) is 0 Å². The van der Waals surface area contributed by atoms with E-state index in [9.17, 15) is 5.11 Å². The van der Waals surface area contributed by atoms with Gasteiger partial charge in [0.1, 0.15) is 0 Å². The molecule has 1 saturated carbocycles. The summed E-state index contributed by atoms with van der Waals surface area (Å²) in [5.41, 5.74) is 2.02. The average Bonchev–Trinajstić information content (AvgIpc) is 3.38. The molecule has 5 nitrogen and oxygen atoms in total. The summed E-state index contributed by atoms with van der Waals surface area (Å²) < 4.78 is 0. The summed E-state index contributed by atoms with van der Waals surface area (Å²) in [6, 6.07) is 14.7. The van der Waals surface area contributed by atoms with Crippen molar-refractivity contribution in [3.05, 3.63) is 42.5 Å². The zero-order valence-corrected chi connectivity index (χ0v) is 15.7. The van der Waals surface area contributed by atoms with Crippen LogP contribution in [-0.4, -0.2) is 58.5 Å². The van der Waals surface area contributed by atoms with Crippen molar-refractivity contribution in [1.82, 2.24) is 15.1 Å². The second-order valence-electron chi connectivity index (χ2n) is 8.42. The molecule has 1 aromatic heterocycles. The van der Waals surface area contributed by atoms with Gasteiger partial charge in [0.15, 0.2) is 5.82 Å². The highest BCUT2D eigenvalue weighted by atomic mass is 16.3. The molecule has 0 spiro atoms. The number of anilines is 1. The Balaban J connectivity index is 1.28. The largest absolute Gasteiger partial charge is 0.391 e. The predicted octanol–water partition coefficient (Wildman–Crippen LogP) is 2.82. The second-order valence-corrected chi connectivity index (χ2v) is 8.42. The average molecular weight is 364 g/mol. The van der Waals surface area contributed by atoms with Gasteiger partial charge in [0.25, 0.3) is 0 Å². The van der Waals surface area contributed by atoms with Crippen molar-refractivity contribution in [3.8, 4) is 11.3 Å². The zero-order valence-electron chi connectivity index (χ0n) is 15.7. The summed E-state index contributed by atoms with van der Waals surface area (Å²) in [5, 5.41) is 19.7. The van der Waals surface area contributed by atoms with Crippen LogP contribution in [0.3, 0.4) is 0 Å². The van der Waals surface area contributed by atoms with Crippen LogP contribution >= 0.6 is 0 Å². The minimum absolute atomic E-state index is 0.171. The van der Waals surface area contributed by atoms with Gasteiger partial charge in [0.2, 0.25) is 0 Å². The van der Waals surface area contributed by atoms with Gasteiger partial charge in [-0.15, -0.1) is 10.2 Å². The van der Waals surface area contributed by atoms with Crippen molar-refractivity contribution >= 4 is 5.82 Å². The fourth-order valence-electron chi connectivity index (χ4n) is 5.32. The summed E-state index contributed by atoms with van der Waals surface area (Å²) in [4.78, 5) is 4.90. The molecule has 3 aliphatic rings. The Kier molecular flexibility index (Phi) is 4.58. The number of aliphatic hydroxyl groups is 1. The van der Waals surface area contributed by atoms with Gasteiger partial charge in [-0.05, 0) is 62.7 Å². The van der Waals surface area contributed by atoms with Crippen LogP contribution in [0.15, 0.2) is 42.5 Å². The maximum atomic E-state index is 10.7. The highest BCUT2D eigenvalue weighted by Gasteiger charge is 2.44. The minimum Gasteiger partial charge on any atom is -0.391 e. The van der Waals surface area contributed by atoms with Crippen LogP contribution < -0.4 is 4.90 Å². The van der Waals surface area contributed by atoms with Gasteiger partial charge in [-0.2, -0.15) is 0 Å². The Bertz CT molecular complexity index is 760. The molecule has 2 aliphatic heterocycles. The number of likely N-dealkylation sites (tertiary alicyclic amines) is 1. The van der Waals surface area contributed by atoms with Gasteiger partial charge in [-0.25, -0.2) is 0 Å². The van der Waals surface area contributed by atoms with Crippen LogP contribution in [0.1, 0.15) is 25.7 Å². The first-order valence-electron chi connectivity index (χ1n) is 10.3. The summed E-state index contributed by atoms with van der Waals surface area (Å²) in [5.74, 6) is 2.21. The first-order valence-corrected chi connectivity index (χ1v) is 10.3. The maximum Gasteiger partial charge on any atom is 0.151 e. The monoisotopic (exact) mass is 364 g/mol. The molecule has 0 unspecified atom stereocenters. The lowest BCUT2D eigenvalue weighted by atomic mass is 9.77. The summed E-state index contributed by atoms with van der Waals surface area (Å²) >= 11 is 0. The first-order chi connectivity index (χ1) is 13.3. The Morgan fingerprint density at radius 1 is 0.852 bits per heavy atom. The highest BCUT2D eigenvalue weighted by molar-refractivity contribution is 5.59. The molecule has 3 fully saturated rings. The molecule has 3 heterocycles. The van der Waals surface area contributed by atoms with Gasteiger partial charge in [0, 0.05) is 24.7 Å². The molecule has 5 rings (SSSR count). The van der Waals surface area contributed by atoms with E-state index in [0.29, 0.717) is 17.9 Å². The molecule has 0 amide bonds. The van der Waals surface area contributed by atoms with Crippen molar-refractivity contribution in [3.63, 3.8) is 0 Å². The fraction of sp³-hybridized carbons (Fsp3) is 0.545. The molecule has 5 heteroatoms.